The molecule has 5 heteroatoms. The lowest BCUT2D eigenvalue weighted by molar-refractivity contribution is -0.124. The third-order valence-electron chi connectivity index (χ3n) is 3.08. The Morgan fingerprint density at radius 2 is 2.11 bits per heavy atom. The second kappa shape index (κ2) is 5.38. The van der Waals surface area contributed by atoms with Crippen LogP contribution in [-0.2, 0) is 4.79 Å². The number of ether oxygens (including phenoxy) is 3. The lowest BCUT2D eigenvalue weighted by atomic mass is 10.0. The predicted octanol–water partition coefficient (Wildman–Crippen LogP) is 2.10. The van der Waals surface area contributed by atoms with Gasteiger partial charge in [-0.25, -0.2) is 0 Å². The highest BCUT2D eigenvalue weighted by Gasteiger charge is 2.18. The summed E-state index contributed by atoms with van der Waals surface area (Å²) in [6.07, 6.45) is 0.864. The van der Waals surface area contributed by atoms with E-state index in [-0.39, 0.29) is 24.8 Å². The molecule has 19 heavy (non-hydrogen) atoms. The Bertz CT molecular complexity index is 471. The summed E-state index contributed by atoms with van der Waals surface area (Å²) in [5.41, 5.74) is -0.213. The Morgan fingerprint density at radius 3 is 2.84 bits per heavy atom. The fourth-order valence-corrected chi connectivity index (χ4v) is 1.62. The molecule has 0 fully saturated rings. The third kappa shape index (κ3) is 3.53. The molecule has 0 atom stereocenters. The smallest absolute Gasteiger partial charge is 0.258 e. The maximum absolute atomic E-state index is 11.7. The van der Waals surface area contributed by atoms with Crippen LogP contribution in [0.4, 0.5) is 0 Å². The van der Waals surface area contributed by atoms with Crippen LogP contribution >= 0.6 is 0 Å². The van der Waals surface area contributed by atoms with Crippen molar-refractivity contribution in [2.45, 2.75) is 32.7 Å². The van der Waals surface area contributed by atoms with Crippen LogP contribution in [0.2, 0.25) is 0 Å². The van der Waals surface area contributed by atoms with Gasteiger partial charge >= 0.3 is 0 Å². The lowest BCUT2D eigenvalue weighted by Gasteiger charge is -2.24. The van der Waals surface area contributed by atoms with Gasteiger partial charge in [-0.05, 0) is 32.4 Å². The van der Waals surface area contributed by atoms with Crippen LogP contribution in [0.5, 0.6) is 17.2 Å². The van der Waals surface area contributed by atoms with E-state index in [1.165, 1.54) is 0 Å². The molecule has 1 aromatic rings. The number of carbonyl (C=O) groups is 1. The molecule has 1 aromatic carbocycles. The van der Waals surface area contributed by atoms with Crippen LogP contribution in [0.25, 0.3) is 0 Å². The van der Waals surface area contributed by atoms with E-state index in [1.807, 2.05) is 20.8 Å². The average Bonchev–Trinajstić information content (AvgIpc) is 2.83. The summed E-state index contributed by atoms with van der Waals surface area (Å²) in [6.45, 7) is 6.20. The predicted molar refractivity (Wildman–Crippen MR) is 70.6 cm³/mol. The van der Waals surface area contributed by atoms with Gasteiger partial charge in [0.25, 0.3) is 5.91 Å². The van der Waals surface area contributed by atoms with Crippen LogP contribution in [0.15, 0.2) is 18.2 Å². The summed E-state index contributed by atoms with van der Waals surface area (Å²) in [7, 11) is 0. The van der Waals surface area contributed by atoms with Gasteiger partial charge in [0.05, 0.1) is 0 Å². The summed E-state index contributed by atoms with van der Waals surface area (Å²) in [5, 5.41) is 2.91. The molecule has 0 aliphatic carbocycles. The standard InChI is InChI=1S/C14H19NO4/c1-4-14(2,3)15-13(16)8-17-10-5-6-11-12(7-10)19-9-18-11/h5-7H,4,8-9H2,1-3H3,(H,15,16). The van der Waals surface area contributed by atoms with Gasteiger partial charge in [0.1, 0.15) is 5.75 Å². The molecular formula is C14H19NO4. The second-order valence-corrected chi connectivity index (χ2v) is 5.09. The number of hydrogen-bond acceptors (Lipinski definition) is 4. The monoisotopic (exact) mass is 265 g/mol. The lowest BCUT2D eigenvalue weighted by Crippen LogP contribution is -2.44. The highest BCUT2D eigenvalue weighted by molar-refractivity contribution is 5.78. The van der Waals surface area contributed by atoms with Crippen molar-refractivity contribution >= 4 is 5.91 Å². The first kappa shape index (κ1) is 13.5. The molecule has 0 aromatic heterocycles. The average molecular weight is 265 g/mol. The molecule has 1 aliphatic rings. The van der Waals surface area contributed by atoms with Crippen molar-refractivity contribution in [3.63, 3.8) is 0 Å². The van der Waals surface area contributed by atoms with E-state index in [1.54, 1.807) is 18.2 Å². The number of nitrogens with one attached hydrogen (secondary N) is 1. The number of benzene rings is 1. The van der Waals surface area contributed by atoms with E-state index in [9.17, 15) is 4.79 Å². The highest BCUT2D eigenvalue weighted by atomic mass is 16.7. The van der Waals surface area contributed by atoms with Gasteiger partial charge in [-0.15, -0.1) is 0 Å². The molecule has 0 radical (unpaired) electrons. The van der Waals surface area contributed by atoms with Crippen LogP contribution in [0.1, 0.15) is 27.2 Å². The molecule has 1 aliphatic heterocycles. The van der Waals surface area contributed by atoms with Gasteiger partial charge in [0, 0.05) is 11.6 Å². The van der Waals surface area contributed by atoms with Crippen molar-refractivity contribution in [3.8, 4) is 17.2 Å². The van der Waals surface area contributed by atoms with Gasteiger partial charge in [0.15, 0.2) is 18.1 Å². The number of amides is 1. The van der Waals surface area contributed by atoms with Crippen molar-refractivity contribution in [3.05, 3.63) is 18.2 Å². The minimum absolute atomic E-state index is 0.0108. The van der Waals surface area contributed by atoms with E-state index in [2.05, 4.69) is 5.32 Å². The molecule has 0 bridgehead atoms. The van der Waals surface area contributed by atoms with Crippen molar-refractivity contribution in [1.82, 2.24) is 5.32 Å². The Morgan fingerprint density at radius 1 is 1.37 bits per heavy atom. The van der Waals surface area contributed by atoms with Gasteiger partial charge < -0.3 is 19.5 Å². The van der Waals surface area contributed by atoms with Crippen molar-refractivity contribution in [2.24, 2.45) is 0 Å². The first-order valence-corrected chi connectivity index (χ1v) is 6.33. The number of hydrogen-bond donors (Lipinski definition) is 1. The normalized spacial score (nSPS) is 13.2. The van der Waals surface area contributed by atoms with E-state index in [0.717, 1.165) is 6.42 Å². The van der Waals surface area contributed by atoms with Crippen molar-refractivity contribution in [2.75, 3.05) is 13.4 Å². The van der Waals surface area contributed by atoms with Crippen LogP contribution in [-0.4, -0.2) is 24.8 Å². The van der Waals surface area contributed by atoms with Gasteiger partial charge in [-0.3, -0.25) is 4.79 Å². The zero-order valence-electron chi connectivity index (χ0n) is 11.5. The quantitative estimate of drug-likeness (QED) is 0.885. The molecule has 104 valence electrons. The maximum Gasteiger partial charge on any atom is 0.258 e. The first-order valence-electron chi connectivity index (χ1n) is 6.33. The topological polar surface area (TPSA) is 56.8 Å². The first-order chi connectivity index (χ1) is 9.00. The maximum atomic E-state index is 11.7. The SMILES string of the molecule is CCC(C)(C)NC(=O)COc1ccc2c(c1)OCO2. The molecule has 0 saturated carbocycles. The minimum Gasteiger partial charge on any atom is -0.484 e. The fourth-order valence-electron chi connectivity index (χ4n) is 1.62. The van der Waals surface area contributed by atoms with Gasteiger partial charge in [-0.1, -0.05) is 6.92 Å². The molecule has 1 amide bonds. The molecule has 1 N–H and O–H groups in total. The van der Waals surface area contributed by atoms with Crippen LogP contribution < -0.4 is 19.5 Å². The molecule has 1 heterocycles. The third-order valence-corrected chi connectivity index (χ3v) is 3.08. The highest BCUT2D eigenvalue weighted by Crippen LogP contribution is 2.34. The summed E-state index contributed by atoms with van der Waals surface area (Å²) in [6, 6.07) is 5.25. The molecule has 5 nitrogen and oxygen atoms in total. The van der Waals surface area contributed by atoms with E-state index in [4.69, 9.17) is 14.2 Å². The van der Waals surface area contributed by atoms with E-state index in [0.29, 0.717) is 17.2 Å². The second-order valence-electron chi connectivity index (χ2n) is 5.09. The summed E-state index contributed by atoms with van der Waals surface area (Å²) in [5.74, 6) is 1.80. The molecule has 0 spiro atoms. The Labute approximate surface area is 112 Å². The molecule has 0 unspecified atom stereocenters. The summed E-state index contributed by atoms with van der Waals surface area (Å²) < 4.78 is 15.9. The Hall–Kier alpha value is -1.91. The van der Waals surface area contributed by atoms with Gasteiger partial charge in [0.2, 0.25) is 6.79 Å². The van der Waals surface area contributed by atoms with Crippen LogP contribution in [0.3, 0.4) is 0 Å². The van der Waals surface area contributed by atoms with Crippen molar-refractivity contribution in [1.29, 1.82) is 0 Å². The Kier molecular flexibility index (Phi) is 3.83. The fraction of sp³-hybridized carbons (Fsp3) is 0.500. The zero-order chi connectivity index (χ0) is 13.9. The largest absolute Gasteiger partial charge is 0.484 e. The molecule has 0 saturated heterocycles. The number of carbonyl (C=O) groups excluding carboxylic acids is 1. The minimum atomic E-state index is -0.213. The number of fused-ring (bicyclic) bond motifs is 1. The van der Waals surface area contributed by atoms with Gasteiger partial charge in [-0.2, -0.15) is 0 Å². The Balaban J connectivity index is 1.87. The van der Waals surface area contributed by atoms with Crippen LogP contribution in [0, 0.1) is 0 Å². The van der Waals surface area contributed by atoms with Crippen molar-refractivity contribution < 1.29 is 19.0 Å². The summed E-state index contributed by atoms with van der Waals surface area (Å²) >= 11 is 0. The molecular weight excluding hydrogens is 246 g/mol. The summed E-state index contributed by atoms with van der Waals surface area (Å²) in [4.78, 5) is 11.7. The molecule has 2 rings (SSSR count). The van der Waals surface area contributed by atoms with E-state index >= 15 is 0 Å². The van der Waals surface area contributed by atoms with E-state index < -0.39 is 0 Å². The number of rotatable bonds is 5. The zero-order valence-corrected chi connectivity index (χ0v) is 11.5.